The molecule has 0 aliphatic heterocycles. The maximum absolute atomic E-state index is 5.46. The first-order valence-electron chi connectivity index (χ1n) is 6.45. The average Bonchev–Trinajstić information content (AvgIpc) is 2.52. The summed E-state index contributed by atoms with van der Waals surface area (Å²) in [6.45, 7) is 2.70. The topological polar surface area (TPSA) is 85.1 Å². The van der Waals surface area contributed by atoms with Crippen LogP contribution >= 0.6 is 0 Å². The van der Waals surface area contributed by atoms with Gasteiger partial charge in [0.2, 0.25) is 0 Å². The van der Waals surface area contributed by atoms with Crippen molar-refractivity contribution in [1.82, 2.24) is 9.97 Å². The molecule has 0 unspecified atom stereocenters. The molecule has 0 amide bonds. The van der Waals surface area contributed by atoms with Crippen LogP contribution in [0.4, 0.5) is 11.6 Å². The number of nitrogen functional groups attached to an aromatic ring is 1. The Hall–Kier alpha value is -2.34. The van der Waals surface area contributed by atoms with Crippen LogP contribution in [0.25, 0.3) is 0 Å². The molecule has 1 aromatic carbocycles. The second-order valence-corrected chi connectivity index (χ2v) is 4.25. The van der Waals surface area contributed by atoms with Crippen molar-refractivity contribution in [3.8, 4) is 5.75 Å². The van der Waals surface area contributed by atoms with Crippen molar-refractivity contribution in [2.24, 2.45) is 5.84 Å². The summed E-state index contributed by atoms with van der Waals surface area (Å²) in [7, 11) is 1.66. The van der Waals surface area contributed by atoms with E-state index in [4.69, 9.17) is 10.6 Å². The standard InChI is InChI=1S/C14H19N5O/c1-3-12-13(17-9-18-14(12)19-15)16-8-10-5-4-6-11(7-10)20-2/h4-7,9H,3,8,15H2,1-2H3,(H2,16,17,18,19). The van der Waals surface area contributed by atoms with Gasteiger partial charge in [-0.2, -0.15) is 0 Å². The van der Waals surface area contributed by atoms with Gasteiger partial charge in [-0.3, -0.25) is 0 Å². The zero-order valence-electron chi connectivity index (χ0n) is 11.7. The zero-order chi connectivity index (χ0) is 14.4. The summed E-state index contributed by atoms with van der Waals surface area (Å²) in [6, 6.07) is 7.90. The molecule has 106 valence electrons. The highest BCUT2D eigenvalue weighted by Gasteiger charge is 2.08. The van der Waals surface area contributed by atoms with E-state index in [0.29, 0.717) is 12.4 Å². The molecule has 4 N–H and O–H groups in total. The van der Waals surface area contributed by atoms with Crippen LogP contribution in [0.1, 0.15) is 18.1 Å². The van der Waals surface area contributed by atoms with Gasteiger partial charge in [0.25, 0.3) is 0 Å². The van der Waals surface area contributed by atoms with Crippen LogP contribution < -0.4 is 21.3 Å². The molecular weight excluding hydrogens is 254 g/mol. The minimum Gasteiger partial charge on any atom is -0.497 e. The maximum atomic E-state index is 5.46. The van der Waals surface area contributed by atoms with Crippen molar-refractivity contribution in [1.29, 1.82) is 0 Å². The van der Waals surface area contributed by atoms with Crippen LogP contribution in [0.3, 0.4) is 0 Å². The fraction of sp³-hybridized carbons (Fsp3) is 0.286. The Bertz CT molecular complexity index is 573. The lowest BCUT2D eigenvalue weighted by molar-refractivity contribution is 0.414. The third-order valence-electron chi connectivity index (χ3n) is 3.03. The number of nitrogens with two attached hydrogens (primary N) is 1. The quantitative estimate of drug-likeness (QED) is 0.551. The molecule has 0 spiro atoms. The number of aromatic nitrogens is 2. The first-order chi connectivity index (χ1) is 9.78. The van der Waals surface area contributed by atoms with E-state index in [1.54, 1.807) is 7.11 Å². The highest BCUT2D eigenvalue weighted by Crippen LogP contribution is 2.20. The minimum atomic E-state index is 0.649. The van der Waals surface area contributed by atoms with Gasteiger partial charge in [0.1, 0.15) is 23.7 Å². The van der Waals surface area contributed by atoms with Crippen LogP contribution in [0.2, 0.25) is 0 Å². The Labute approximate surface area is 118 Å². The Balaban J connectivity index is 2.14. The van der Waals surface area contributed by atoms with Gasteiger partial charge in [-0.25, -0.2) is 15.8 Å². The maximum Gasteiger partial charge on any atom is 0.148 e. The fourth-order valence-corrected chi connectivity index (χ4v) is 1.99. The molecule has 20 heavy (non-hydrogen) atoms. The summed E-state index contributed by atoms with van der Waals surface area (Å²) in [6.07, 6.45) is 2.28. The summed E-state index contributed by atoms with van der Waals surface area (Å²) in [5.41, 5.74) is 4.68. The first kappa shape index (κ1) is 14.1. The number of hydrogen-bond acceptors (Lipinski definition) is 6. The molecule has 0 radical (unpaired) electrons. The largest absolute Gasteiger partial charge is 0.497 e. The summed E-state index contributed by atoms with van der Waals surface area (Å²) >= 11 is 0. The van der Waals surface area contributed by atoms with Gasteiger partial charge in [-0.15, -0.1) is 0 Å². The van der Waals surface area contributed by atoms with Gasteiger partial charge in [0.15, 0.2) is 0 Å². The van der Waals surface area contributed by atoms with E-state index in [1.165, 1.54) is 6.33 Å². The Morgan fingerprint density at radius 1 is 1.25 bits per heavy atom. The van der Waals surface area contributed by atoms with E-state index in [0.717, 1.165) is 29.1 Å². The summed E-state index contributed by atoms with van der Waals surface area (Å²) < 4.78 is 5.21. The zero-order valence-corrected chi connectivity index (χ0v) is 11.7. The molecule has 0 bridgehead atoms. The van der Waals surface area contributed by atoms with Crippen molar-refractivity contribution in [3.05, 3.63) is 41.7 Å². The van der Waals surface area contributed by atoms with Crippen molar-refractivity contribution in [2.75, 3.05) is 17.9 Å². The lowest BCUT2D eigenvalue weighted by Gasteiger charge is -2.13. The molecule has 0 aliphatic carbocycles. The molecule has 0 atom stereocenters. The summed E-state index contributed by atoms with van der Waals surface area (Å²) in [4.78, 5) is 8.37. The van der Waals surface area contributed by atoms with Crippen LogP contribution in [0, 0.1) is 0 Å². The highest BCUT2D eigenvalue weighted by molar-refractivity contribution is 5.57. The third kappa shape index (κ3) is 3.16. The smallest absolute Gasteiger partial charge is 0.148 e. The summed E-state index contributed by atoms with van der Waals surface area (Å²) in [5, 5.41) is 3.30. The second kappa shape index (κ2) is 6.72. The lowest BCUT2D eigenvalue weighted by atomic mass is 10.2. The van der Waals surface area contributed by atoms with Crippen LogP contribution in [0.5, 0.6) is 5.75 Å². The number of nitrogens with one attached hydrogen (secondary N) is 2. The molecule has 2 aromatic rings. The molecule has 2 rings (SSSR count). The number of benzene rings is 1. The van der Waals surface area contributed by atoms with E-state index < -0.39 is 0 Å². The van der Waals surface area contributed by atoms with Crippen LogP contribution in [-0.4, -0.2) is 17.1 Å². The van der Waals surface area contributed by atoms with Gasteiger partial charge in [-0.05, 0) is 24.1 Å². The number of rotatable bonds is 6. The van der Waals surface area contributed by atoms with Gasteiger partial charge in [0, 0.05) is 12.1 Å². The van der Waals surface area contributed by atoms with Crippen LogP contribution in [-0.2, 0) is 13.0 Å². The van der Waals surface area contributed by atoms with E-state index in [-0.39, 0.29) is 0 Å². The Morgan fingerprint density at radius 3 is 2.75 bits per heavy atom. The van der Waals surface area contributed by atoms with Crippen molar-refractivity contribution >= 4 is 11.6 Å². The average molecular weight is 273 g/mol. The molecule has 6 heteroatoms. The molecule has 0 saturated heterocycles. The number of hydrogen-bond donors (Lipinski definition) is 3. The van der Waals surface area contributed by atoms with E-state index >= 15 is 0 Å². The molecule has 1 aromatic heterocycles. The van der Waals surface area contributed by atoms with E-state index in [9.17, 15) is 0 Å². The number of methoxy groups -OCH3 is 1. The predicted octanol–water partition coefficient (Wildman–Crippen LogP) is 1.95. The van der Waals surface area contributed by atoms with E-state index in [2.05, 4.69) is 20.7 Å². The molecule has 6 nitrogen and oxygen atoms in total. The van der Waals surface area contributed by atoms with Gasteiger partial charge < -0.3 is 15.5 Å². The number of anilines is 2. The van der Waals surface area contributed by atoms with Crippen LogP contribution in [0.15, 0.2) is 30.6 Å². The number of nitrogens with zero attached hydrogens (tertiary/aromatic N) is 2. The molecule has 1 heterocycles. The highest BCUT2D eigenvalue weighted by atomic mass is 16.5. The lowest BCUT2D eigenvalue weighted by Crippen LogP contribution is -2.14. The third-order valence-corrected chi connectivity index (χ3v) is 3.03. The fourth-order valence-electron chi connectivity index (χ4n) is 1.99. The Kier molecular flexibility index (Phi) is 4.73. The van der Waals surface area contributed by atoms with E-state index in [1.807, 2.05) is 31.2 Å². The molecule has 0 fully saturated rings. The first-order valence-corrected chi connectivity index (χ1v) is 6.45. The molecule has 0 aliphatic rings. The predicted molar refractivity (Wildman–Crippen MR) is 79.5 cm³/mol. The van der Waals surface area contributed by atoms with Gasteiger partial charge >= 0.3 is 0 Å². The monoisotopic (exact) mass is 273 g/mol. The Morgan fingerprint density at radius 2 is 2.05 bits per heavy atom. The SMILES string of the molecule is CCc1c(NN)ncnc1NCc1cccc(OC)c1. The second-order valence-electron chi connectivity index (χ2n) is 4.25. The number of hydrazine groups is 1. The van der Waals surface area contributed by atoms with Crippen molar-refractivity contribution < 1.29 is 4.74 Å². The van der Waals surface area contributed by atoms with Gasteiger partial charge in [0.05, 0.1) is 7.11 Å². The van der Waals surface area contributed by atoms with Gasteiger partial charge in [-0.1, -0.05) is 19.1 Å². The molecular formula is C14H19N5O. The summed E-state index contributed by atoms with van der Waals surface area (Å²) in [5.74, 6) is 7.73. The molecule has 0 saturated carbocycles. The van der Waals surface area contributed by atoms with Crippen molar-refractivity contribution in [2.45, 2.75) is 19.9 Å². The number of ether oxygens (including phenoxy) is 1. The normalized spacial score (nSPS) is 10.2. The minimum absolute atomic E-state index is 0.649. The van der Waals surface area contributed by atoms with Crippen molar-refractivity contribution in [3.63, 3.8) is 0 Å².